The fourth-order valence-electron chi connectivity index (χ4n) is 4.98. The van der Waals surface area contributed by atoms with E-state index in [0.717, 1.165) is 24.3 Å². The molecule has 2 fully saturated rings. The maximum Gasteiger partial charge on any atom is 0.239 e. The highest BCUT2D eigenvalue weighted by Crippen LogP contribution is 2.39. The van der Waals surface area contributed by atoms with E-state index < -0.39 is 90.7 Å². The lowest BCUT2D eigenvalue weighted by Crippen LogP contribution is -2.61. The molecule has 2 saturated heterocycles. The zero-order chi connectivity index (χ0) is 32.0. The average Bonchev–Trinajstić information content (AvgIpc) is 2.99. The summed E-state index contributed by atoms with van der Waals surface area (Å²) in [6, 6.07) is 5.72. The van der Waals surface area contributed by atoms with Crippen molar-refractivity contribution in [3.8, 4) is 40.1 Å². The van der Waals surface area contributed by atoms with Crippen LogP contribution >= 0.6 is 0 Å². The van der Waals surface area contributed by atoms with Gasteiger partial charge in [-0.15, -0.1) is 0 Å². The summed E-state index contributed by atoms with van der Waals surface area (Å²) in [5.74, 6) is -2.40. The number of aromatic hydroxyl groups is 3. The minimum absolute atomic E-state index is 0.0145. The Morgan fingerprint density at radius 1 is 0.795 bits per heavy atom. The highest BCUT2D eigenvalue weighted by molar-refractivity contribution is 5.88. The molecule has 16 heteroatoms. The molecular weight excluding hydrogens is 592 g/mol. The number of fused-ring (bicyclic) bond motifs is 1. The van der Waals surface area contributed by atoms with Crippen LogP contribution in [-0.4, -0.2) is 121 Å². The van der Waals surface area contributed by atoms with Gasteiger partial charge in [0.2, 0.25) is 17.5 Å². The highest BCUT2D eigenvalue weighted by Gasteiger charge is 2.47. The van der Waals surface area contributed by atoms with Gasteiger partial charge in [-0.05, 0) is 25.1 Å². The monoisotopic (exact) mass is 624 g/mol. The van der Waals surface area contributed by atoms with E-state index >= 15 is 0 Å². The van der Waals surface area contributed by atoms with E-state index in [1.54, 1.807) is 0 Å². The molecule has 2 aliphatic heterocycles. The van der Waals surface area contributed by atoms with Crippen molar-refractivity contribution in [2.45, 2.75) is 68.3 Å². The SMILES string of the molecule is COc1cc(O)cc2oc(-c3ccc(O)c(O)c3)c(O[C@@H]3O[C@H](CO[C@@H]4O[C@@H](C)[C@H](O)[C@@H](O)[C@H]4O)[C@H](O)[C@H](O)[C@H]3O)c(=O)c12. The molecule has 3 heterocycles. The molecule has 0 bridgehead atoms. The van der Waals surface area contributed by atoms with Crippen molar-refractivity contribution in [2.24, 2.45) is 0 Å². The lowest BCUT2D eigenvalue weighted by Gasteiger charge is -2.42. The Morgan fingerprint density at radius 3 is 2.16 bits per heavy atom. The maximum atomic E-state index is 13.8. The normalized spacial score (nSPS) is 32.5. The molecule has 0 saturated carbocycles. The first-order valence-electron chi connectivity index (χ1n) is 13.4. The largest absolute Gasteiger partial charge is 0.508 e. The Balaban J connectivity index is 1.50. The lowest BCUT2D eigenvalue weighted by molar-refractivity contribution is -0.318. The van der Waals surface area contributed by atoms with E-state index in [1.807, 2.05) is 0 Å². The number of aliphatic hydroxyl groups is 6. The number of phenolic OH excluding ortho intramolecular Hbond substituents is 3. The Morgan fingerprint density at radius 2 is 1.48 bits per heavy atom. The number of ether oxygens (including phenoxy) is 5. The lowest BCUT2D eigenvalue weighted by atomic mass is 9.98. The fourth-order valence-corrected chi connectivity index (χ4v) is 4.98. The molecule has 2 aliphatic rings. The molecule has 0 spiro atoms. The van der Waals surface area contributed by atoms with Crippen LogP contribution in [0, 0.1) is 0 Å². The van der Waals surface area contributed by atoms with Crippen LogP contribution in [0.4, 0.5) is 0 Å². The van der Waals surface area contributed by atoms with Gasteiger partial charge < -0.3 is 74.1 Å². The number of hydrogen-bond acceptors (Lipinski definition) is 16. The summed E-state index contributed by atoms with van der Waals surface area (Å²) >= 11 is 0. The molecule has 0 amide bonds. The van der Waals surface area contributed by atoms with Gasteiger partial charge in [0.1, 0.15) is 65.2 Å². The molecule has 1 aromatic heterocycles. The molecule has 240 valence electrons. The number of aliphatic hydroxyl groups excluding tert-OH is 6. The third kappa shape index (κ3) is 5.74. The summed E-state index contributed by atoms with van der Waals surface area (Å²) in [5, 5.41) is 91.9. The summed E-state index contributed by atoms with van der Waals surface area (Å²) in [6.07, 6.45) is -16.0. The fraction of sp³-hybridized carbons (Fsp3) is 0.464. The zero-order valence-corrected chi connectivity index (χ0v) is 23.3. The summed E-state index contributed by atoms with van der Waals surface area (Å²) in [6.45, 7) is 0.850. The summed E-state index contributed by atoms with van der Waals surface area (Å²) in [4.78, 5) is 13.8. The molecule has 0 unspecified atom stereocenters. The van der Waals surface area contributed by atoms with Crippen LogP contribution in [0.3, 0.4) is 0 Å². The van der Waals surface area contributed by atoms with Gasteiger partial charge in [-0.1, -0.05) is 0 Å². The van der Waals surface area contributed by atoms with E-state index in [4.69, 9.17) is 28.1 Å². The minimum Gasteiger partial charge on any atom is -0.508 e. The van der Waals surface area contributed by atoms with Gasteiger partial charge in [0.25, 0.3) is 0 Å². The maximum absolute atomic E-state index is 13.8. The second-order valence-corrected chi connectivity index (χ2v) is 10.5. The van der Waals surface area contributed by atoms with Crippen LogP contribution < -0.4 is 14.9 Å². The van der Waals surface area contributed by atoms with Crippen molar-refractivity contribution in [1.29, 1.82) is 0 Å². The number of hydrogen-bond donors (Lipinski definition) is 9. The molecule has 3 aromatic rings. The third-order valence-electron chi connectivity index (χ3n) is 7.50. The first-order valence-corrected chi connectivity index (χ1v) is 13.4. The second-order valence-electron chi connectivity index (χ2n) is 10.5. The van der Waals surface area contributed by atoms with Crippen LogP contribution in [-0.2, 0) is 14.2 Å². The summed E-state index contributed by atoms with van der Waals surface area (Å²) in [5.41, 5.74) is -1.02. The van der Waals surface area contributed by atoms with Crippen molar-refractivity contribution in [1.82, 2.24) is 0 Å². The van der Waals surface area contributed by atoms with Crippen molar-refractivity contribution >= 4 is 11.0 Å². The van der Waals surface area contributed by atoms with Gasteiger partial charge in [0, 0.05) is 17.7 Å². The topological polar surface area (TPSA) is 258 Å². The predicted molar refractivity (Wildman–Crippen MR) is 145 cm³/mol. The van der Waals surface area contributed by atoms with Gasteiger partial charge >= 0.3 is 0 Å². The standard InChI is InChI=1S/C28H32O16/c1-9-18(32)21(35)23(37)27(41-9)40-8-16-19(33)22(36)24(38)28(43-16)44-26-20(34)17-14(39-2)6-11(29)7-15(17)42-25(26)10-3-4-12(30)13(31)5-10/h3-7,9,16,18-19,21-24,27-33,35-38H,8H2,1-2H3/t9-,16+,18-,19-,21+,22-,23+,24+,27+,28-/m0/s1. The quantitative estimate of drug-likeness (QED) is 0.137. The molecule has 0 aliphatic carbocycles. The molecule has 16 nitrogen and oxygen atoms in total. The van der Waals surface area contributed by atoms with E-state index in [2.05, 4.69) is 0 Å². The molecule has 9 N–H and O–H groups in total. The smallest absolute Gasteiger partial charge is 0.239 e. The van der Waals surface area contributed by atoms with Crippen molar-refractivity contribution in [3.05, 3.63) is 40.6 Å². The van der Waals surface area contributed by atoms with Crippen LogP contribution in [0.5, 0.6) is 28.7 Å². The summed E-state index contributed by atoms with van der Waals surface area (Å²) in [7, 11) is 1.24. The van der Waals surface area contributed by atoms with Gasteiger partial charge in [0.15, 0.2) is 23.5 Å². The minimum atomic E-state index is -1.94. The Labute approximate surface area is 248 Å². The first kappa shape index (κ1) is 31.7. The van der Waals surface area contributed by atoms with E-state index in [0.29, 0.717) is 0 Å². The van der Waals surface area contributed by atoms with Crippen LogP contribution in [0.1, 0.15) is 6.92 Å². The Hall–Kier alpha value is -3.71. The Kier molecular flexibility index (Phi) is 8.90. The molecular formula is C28H32O16. The van der Waals surface area contributed by atoms with Gasteiger partial charge in [-0.25, -0.2) is 0 Å². The first-order chi connectivity index (χ1) is 20.8. The Bertz CT molecular complexity index is 1560. The van der Waals surface area contributed by atoms with E-state index in [1.165, 1.54) is 20.1 Å². The molecule has 0 radical (unpaired) electrons. The van der Waals surface area contributed by atoms with Crippen molar-refractivity contribution < 1.29 is 74.1 Å². The van der Waals surface area contributed by atoms with Gasteiger partial charge in [0.05, 0.1) is 19.8 Å². The number of phenols is 3. The number of benzene rings is 2. The van der Waals surface area contributed by atoms with Crippen molar-refractivity contribution in [3.63, 3.8) is 0 Å². The van der Waals surface area contributed by atoms with Gasteiger partial charge in [-0.2, -0.15) is 0 Å². The second kappa shape index (κ2) is 12.4. The van der Waals surface area contributed by atoms with E-state index in [-0.39, 0.29) is 33.8 Å². The van der Waals surface area contributed by atoms with E-state index in [9.17, 15) is 50.8 Å². The van der Waals surface area contributed by atoms with Crippen LogP contribution in [0.25, 0.3) is 22.3 Å². The van der Waals surface area contributed by atoms with Crippen LogP contribution in [0.15, 0.2) is 39.5 Å². The van der Waals surface area contributed by atoms with Crippen molar-refractivity contribution in [2.75, 3.05) is 13.7 Å². The molecule has 10 atom stereocenters. The molecule has 2 aromatic carbocycles. The third-order valence-corrected chi connectivity index (χ3v) is 7.50. The molecule has 44 heavy (non-hydrogen) atoms. The van der Waals surface area contributed by atoms with Gasteiger partial charge in [-0.3, -0.25) is 4.79 Å². The molecule has 5 rings (SSSR count). The summed E-state index contributed by atoms with van der Waals surface area (Å²) < 4.78 is 33.4. The van der Waals surface area contributed by atoms with Crippen LogP contribution in [0.2, 0.25) is 0 Å². The highest BCUT2D eigenvalue weighted by atomic mass is 16.7. The average molecular weight is 625 g/mol. The number of methoxy groups -OCH3 is 1. The predicted octanol–water partition coefficient (Wildman–Crippen LogP) is -1.38. The number of rotatable bonds is 7. The zero-order valence-electron chi connectivity index (χ0n) is 23.3.